The lowest BCUT2D eigenvalue weighted by Crippen LogP contribution is -2.11. The Bertz CT molecular complexity index is 332. The predicted molar refractivity (Wildman–Crippen MR) is 68.2 cm³/mol. The second-order valence-electron chi connectivity index (χ2n) is 3.12. The molecule has 0 bridgehead atoms. The maximum atomic E-state index is 11.4. The molecule has 1 N–H and O–H groups in total. The average Bonchev–Trinajstić information content (AvgIpc) is 2.27. The van der Waals surface area contributed by atoms with Crippen molar-refractivity contribution in [3.05, 3.63) is 36.4 Å². The van der Waals surface area contributed by atoms with Gasteiger partial charge in [-0.15, -0.1) is 0 Å². The molecule has 0 saturated heterocycles. The molecule has 0 saturated carbocycles. The highest BCUT2D eigenvalue weighted by atomic mass is 32.2. The topological polar surface area (TPSA) is 29.1 Å². The van der Waals surface area contributed by atoms with Gasteiger partial charge in [0, 0.05) is 17.9 Å². The van der Waals surface area contributed by atoms with Crippen LogP contribution < -0.4 is 5.32 Å². The maximum absolute atomic E-state index is 11.4. The van der Waals surface area contributed by atoms with E-state index in [4.69, 9.17) is 0 Å². The minimum atomic E-state index is 0.0655. The summed E-state index contributed by atoms with van der Waals surface area (Å²) in [6.07, 6.45) is 4.33. The minimum Gasteiger partial charge on any atom is -0.326 e. The number of hydrogen-bond acceptors (Lipinski definition) is 2. The lowest BCUT2D eigenvalue weighted by molar-refractivity contribution is -0.115. The van der Waals surface area contributed by atoms with Gasteiger partial charge in [-0.3, -0.25) is 4.79 Å². The van der Waals surface area contributed by atoms with Gasteiger partial charge < -0.3 is 5.32 Å². The van der Waals surface area contributed by atoms with E-state index >= 15 is 0 Å². The molecule has 80 valence electrons. The first-order chi connectivity index (χ1) is 7.26. The summed E-state index contributed by atoms with van der Waals surface area (Å²) in [7, 11) is 0. The zero-order valence-electron chi connectivity index (χ0n) is 8.82. The Balaban J connectivity index is 2.49. The fourth-order valence-electron chi connectivity index (χ4n) is 1.12. The third kappa shape index (κ3) is 4.21. The number of anilines is 1. The molecular formula is C12H15NOS. The lowest BCUT2D eigenvalue weighted by Gasteiger charge is -2.04. The molecule has 0 heterocycles. The SMILES string of the molecule is C=Cc1ccc(NC(=O)CCSC)cc1. The second-order valence-corrected chi connectivity index (χ2v) is 4.10. The van der Waals surface area contributed by atoms with Crippen molar-refractivity contribution >= 4 is 29.4 Å². The van der Waals surface area contributed by atoms with Crippen molar-refractivity contribution < 1.29 is 4.79 Å². The molecule has 0 aromatic heterocycles. The Kier molecular flexibility index (Phi) is 4.98. The first-order valence-electron chi connectivity index (χ1n) is 4.77. The van der Waals surface area contributed by atoms with Crippen LogP contribution in [0.4, 0.5) is 5.69 Å². The molecule has 0 unspecified atom stereocenters. The van der Waals surface area contributed by atoms with Crippen LogP contribution in [0.2, 0.25) is 0 Å². The number of nitrogens with one attached hydrogen (secondary N) is 1. The van der Waals surface area contributed by atoms with Crippen LogP contribution in [-0.4, -0.2) is 17.9 Å². The first kappa shape index (κ1) is 11.9. The van der Waals surface area contributed by atoms with Crippen molar-refractivity contribution in [1.82, 2.24) is 0 Å². The van der Waals surface area contributed by atoms with E-state index in [2.05, 4.69) is 11.9 Å². The van der Waals surface area contributed by atoms with Crippen LogP contribution in [-0.2, 0) is 4.79 Å². The number of carbonyl (C=O) groups excluding carboxylic acids is 1. The molecule has 0 aliphatic carbocycles. The second kappa shape index (κ2) is 6.30. The fourth-order valence-corrected chi connectivity index (χ4v) is 1.51. The lowest BCUT2D eigenvalue weighted by atomic mass is 10.2. The summed E-state index contributed by atoms with van der Waals surface area (Å²) in [6.45, 7) is 3.67. The summed E-state index contributed by atoms with van der Waals surface area (Å²) >= 11 is 1.67. The summed E-state index contributed by atoms with van der Waals surface area (Å²) < 4.78 is 0. The first-order valence-corrected chi connectivity index (χ1v) is 6.17. The molecule has 1 amide bonds. The van der Waals surface area contributed by atoms with Crippen LogP contribution in [0.15, 0.2) is 30.8 Å². The molecule has 1 aromatic rings. The van der Waals surface area contributed by atoms with Gasteiger partial charge in [0.1, 0.15) is 0 Å². The van der Waals surface area contributed by atoms with Crippen molar-refractivity contribution in [2.75, 3.05) is 17.3 Å². The average molecular weight is 221 g/mol. The minimum absolute atomic E-state index is 0.0655. The molecule has 0 aliphatic heterocycles. The van der Waals surface area contributed by atoms with Crippen LogP contribution >= 0.6 is 11.8 Å². The van der Waals surface area contributed by atoms with Crippen LogP contribution in [0.5, 0.6) is 0 Å². The molecule has 0 atom stereocenters. The normalized spacial score (nSPS) is 9.67. The number of benzene rings is 1. The molecule has 0 aliphatic rings. The van der Waals surface area contributed by atoms with Gasteiger partial charge in [-0.2, -0.15) is 11.8 Å². The Morgan fingerprint density at radius 2 is 2.13 bits per heavy atom. The van der Waals surface area contributed by atoms with Crippen LogP contribution in [0, 0.1) is 0 Å². The van der Waals surface area contributed by atoms with E-state index in [1.807, 2.05) is 30.5 Å². The standard InChI is InChI=1S/C12H15NOS/c1-3-10-4-6-11(7-5-10)13-12(14)8-9-15-2/h3-7H,1,8-9H2,2H3,(H,13,14). The van der Waals surface area contributed by atoms with E-state index < -0.39 is 0 Å². The third-order valence-corrected chi connectivity index (χ3v) is 2.58. The van der Waals surface area contributed by atoms with E-state index in [0.29, 0.717) is 6.42 Å². The number of thioether (sulfide) groups is 1. The van der Waals surface area contributed by atoms with Crippen molar-refractivity contribution in [3.8, 4) is 0 Å². The molecule has 3 heteroatoms. The van der Waals surface area contributed by atoms with Crippen LogP contribution in [0.3, 0.4) is 0 Å². The molecule has 0 radical (unpaired) electrons. The zero-order chi connectivity index (χ0) is 11.1. The molecular weight excluding hydrogens is 206 g/mol. The number of carbonyl (C=O) groups is 1. The Morgan fingerprint density at radius 3 is 2.67 bits per heavy atom. The molecule has 1 aromatic carbocycles. The van der Waals surface area contributed by atoms with Crippen LogP contribution in [0.25, 0.3) is 6.08 Å². The highest BCUT2D eigenvalue weighted by Crippen LogP contribution is 2.10. The predicted octanol–water partition coefficient (Wildman–Crippen LogP) is 3.02. The van der Waals surface area contributed by atoms with Gasteiger partial charge in [0.2, 0.25) is 5.91 Å². The highest BCUT2D eigenvalue weighted by Gasteiger charge is 2.00. The van der Waals surface area contributed by atoms with Crippen LogP contribution in [0.1, 0.15) is 12.0 Å². The largest absolute Gasteiger partial charge is 0.326 e. The van der Waals surface area contributed by atoms with Gasteiger partial charge in [0.15, 0.2) is 0 Å². The number of amides is 1. The van der Waals surface area contributed by atoms with Gasteiger partial charge in [-0.25, -0.2) is 0 Å². The third-order valence-electron chi connectivity index (χ3n) is 1.96. The van der Waals surface area contributed by atoms with Crippen molar-refractivity contribution in [2.24, 2.45) is 0 Å². The molecule has 2 nitrogen and oxygen atoms in total. The van der Waals surface area contributed by atoms with Crippen molar-refractivity contribution in [1.29, 1.82) is 0 Å². The van der Waals surface area contributed by atoms with E-state index in [9.17, 15) is 4.79 Å². The molecule has 0 spiro atoms. The number of rotatable bonds is 5. The molecule has 1 rings (SSSR count). The summed E-state index contributed by atoms with van der Waals surface area (Å²) in [5, 5.41) is 2.84. The van der Waals surface area contributed by atoms with Gasteiger partial charge in [-0.1, -0.05) is 24.8 Å². The van der Waals surface area contributed by atoms with Gasteiger partial charge in [0.05, 0.1) is 0 Å². The van der Waals surface area contributed by atoms with Gasteiger partial charge in [0.25, 0.3) is 0 Å². The van der Waals surface area contributed by atoms with Gasteiger partial charge in [-0.05, 0) is 24.0 Å². The molecule has 15 heavy (non-hydrogen) atoms. The van der Waals surface area contributed by atoms with E-state index in [-0.39, 0.29) is 5.91 Å². The highest BCUT2D eigenvalue weighted by molar-refractivity contribution is 7.98. The smallest absolute Gasteiger partial charge is 0.225 e. The summed E-state index contributed by atoms with van der Waals surface area (Å²) in [5.74, 6) is 0.923. The Labute approximate surface area is 94.8 Å². The van der Waals surface area contributed by atoms with Gasteiger partial charge >= 0.3 is 0 Å². The summed E-state index contributed by atoms with van der Waals surface area (Å²) in [4.78, 5) is 11.4. The quantitative estimate of drug-likeness (QED) is 0.828. The number of hydrogen-bond donors (Lipinski definition) is 1. The Morgan fingerprint density at radius 1 is 1.47 bits per heavy atom. The fraction of sp³-hybridized carbons (Fsp3) is 0.250. The van der Waals surface area contributed by atoms with Crippen molar-refractivity contribution in [2.45, 2.75) is 6.42 Å². The Hall–Kier alpha value is -1.22. The van der Waals surface area contributed by atoms with E-state index in [1.165, 1.54) is 0 Å². The maximum Gasteiger partial charge on any atom is 0.225 e. The monoisotopic (exact) mass is 221 g/mol. The zero-order valence-corrected chi connectivity index (χ0v) is 9.64. The summed E-state index contributed by atoms with van der Waals surface area (Å²) in [5.41, 5.74) is 1.89. The van der Waals surface area contributed by atoms with E-state index in [1.54, 1.807) is 17.8 Å². The van der Waals surface area contributed by atoms with E-state index in [0.717, 1.165) is 17.0 Å². The molecule has 0 fully saturated rings. The van der Waals surface area contributed by atoms with Crippen molar-refractivity contribution in [3.63, 3.8) is 0 Å². The summed E-state index contributed by atoms with van der Waals surface area (Å²) in [6, 6.07) is 7.62.